The van der Waals surface area contributed by atoms with Gasteiger partial charge in [0.15, 0.2) is 11.8 Å². The summed E-state index contributed by atoms with van der Waals surface area (Å²) < 4.78 is 5.24. The van der Waals surface area contributed by atoms with Gasteiger partial charge in [0.1, 0.15) is 0 Å². The monoisotopic (exact) mass is 477 g/mol. The van der Waals surface area contributed by atoms with Crippen molar-refractivity contribution < 1.29 is 4.52 Å². The summed E-state index contributed by atoms with van der Waals surface area (Å²) in [4.78, 5) is 10.0. The first-order valence-electron chi connectivity index (χ1n) is 8.37. The van der Waals surface area contributed by atoms with Gasteiger partial charge in [-0.3, -0.25) is 4.99 Å². The molecule has 2 heterocycles. The fraction of sp³-hybridized carbons (Fsp3) is 0.588. The fourth-order valence-electron chi connectivity index (χ4n) is 2.23. The Morgan fingerprint density at radius 2 is 2.12 bits per heavy atom. The number of nitrogens with zero attached hydrogens (tertiary/aromatic N) is 3. The smallest absolute Gasteiger partial charge is 0.228 e. The molecule has 2 rings (SSSR count). The van der Waals surface area contributed by atoms with Gasteiger partial charge >= 0.3 is 0 Å². The molecular weight excluding hydrogens is 449 g/mol. The molecule has 1 unspecified atom stereocenters. The summed E-state index contributed by atoms with van der Waals surface area (Å²) in [7, 11) is 1.78. The van der Waals surface area contributed by atoms with Crippen molar-refractivity contribution in [2.45, 2.75) is 39.5 Å². The first-order valence-corrected chi connectivity index (χ1v) is 9.25. The highest BCUT2D eigenvalue weighted by Gasteiger charge is 2.10. The molecule has 0 bridgehead atoms. The first kappa shape index (κ1) is 21.9. The zero-order valence-corrected chi connectivity index (χ0v) is 18.4. The van der Waals surface area contributed by atoms with Crippen LogP contribution in [-0.4, -0.2) is 36.2 Å². The van der Waals surface area contributed by atoms with Crippen LogP contribution >= 0.6 is 35.3 Å². The lowest BCUT2D eigenvalue weighted by atomic mass is 10.1. The second kappa shape index (κ2) is 11.5. The molecule has 2 aromatic heterocycles. The van der Waals surface area contributed by atoms with Crippen LogP contribution < -0.4 is 10.6 Å². The maximum absolute atomic E-state index is 5.24. The third-order valence-electron chi connectivity index (χ3n) is 3.60. The van der Waals surface area contributed by atoms with Crippen molar-refractivity contribution in [2.24, 2.45) is 10.9 Å². The van der Waals surface area contributed by atoms with E-state index in [4.69, 9.17) is 4.52 Å². The van der Waals surface area contributed by atoms with E-state index in [1.807, 2.05) is 11.3 Å². The minimum atomic E-state index is 0. The van der Waals surface area contributed by atoms with Gasteiger partial charge in [0.25, 0.3) is 0 Å². The third kappa shape index (κ3) is 7.72. The van der Waals surface area contributed by atoms with Crippen molar-refractivity contribution >= 4 is 41.3 Å². The van der Waals surface area contributed by atoms with E-state index in [1.54, 1.807) is 7.05 Å². The van der Waals surface area contributed by atoms with Gasteiger partial charge in [0.2, 0.25) is 5.89 Å². The second-order valence-electron chi connectivity index (χ2n) is 6.22. The molecule has 140 valence electrons. The van der Waals surface area contributed by atoms with Gasteiger partial charge in [-0.25, -0.2) is 0 Å². The molecule has 0 fully saturated rings. The van der Waals surface area contributed by atoms with Crippen molar-refractivity contribution in [1.29, 1.82) is 0 Å². The molecule has 0 saturated heterocycles. The Kier molecular flexibility index (Phi) is 10.0. The lowest BCUT2D eigenvalue weighted by Gasteiger charge is -2.15. The standard InChI is InChI=1S/C17H27N5OS.HI/c1-12(2)16-21-15(23-22-16)7-8-19-17(18-4)20-11-13(3)10-14-6-5-9-24-14;/h5-6,9,12-13H,7-8,10-11H2,1-4H3,(H2,18,19,20);1H. The number of rotatable bonds is 8. The molecule has 8 heteroatoms. The number of thiophene rings is 1. The number of hydrogen-bond donors (Lipinski definition) is 2. The maximum atomic E-state index is 5.24. The summed E-state index contributed by atoms with van der Waals surface area (Å²) in [6, 6.07) is 4.28. The third-order valence-corrected chi connectivity index (χ3v) is 4.50. The Balaban J connectivity index is 0.00000312. The summed E-state index contributed by atoms with van der Waals surface area (Å²) >= 11 is 1.81. The van der Waals surface area contributed by atoms with Gasteiger partial charge in [-0.1, -0.05) is 32.0 Å². The minimum Gasteiger partial charge on any atom is -0.356 e. The Morgan fingerprint density at radius 3 is 2.72 bits per heavy atom. The van der Waals surface area contributed by atoms with Gasteiger partial charge in [-0.05, 0) is 23.8 Å². The van der Waals surface area contributed by atoms with Gasteiger partial charge in [0, 0.05) is 37.4 Å². The molecule has 0 amide bonds. The van der Waals surface area contributed by atoms with E-state index in [9.17, 15) is 0 Å². The number of halogens is 1. The maximum Gasteiger partial charge on any atom is 0.228 e. The second-order valence-corrected chi connectivity index (χ2v) is 7.25. The van der Waals surface area contributed by atoms with E-state index < -0.39 is 0 Å². The zero-order chi connectivity index (χ0) is 17.4. The lowest BCUT2D eigenvalue weighted by Crippen LogP contribution is -2.40. The van der Waals surface area contributed by atoms with Crippen LogP contribution in [0.2, 0.25) is 0 Å². The molecule has 0 saturated carbocycles. The quantitative estimate of drug-likeness (QED) is 0.346. The molecule has 0 aromatic carbocycles. The normalized spacial score (nSPS) is 12.8. The van der Waals surface area contributed by atoms with E-state index in [-0.39, 0.29) is 29.9 Å². The summed E-state index contributed by atoms with van der Waals surface area (Å²) in [6.07, 6.45) is 1.77. The van der Waals surface area contributed by atoms with Gasteiger partial charge in [0.05, 0.1) is 0 Å². The summed E-state index contributed by atoms with van der Waals surface area (Å²) in [5, 5.41) is 12.7. The molecule has 0 spiro atoms. The van der Waals surface area contributed by atoms with Crippen LogP contribution in [0.25, 0.3) is 0 Å². The van der Waals surface area contributed by atoms with Crippen molar-refractivity contribution in [3.63, 3.8) is 0 Å². The van der Waals surface area contributed by atoms with Crippen molar-refractivity contribution in [3.8, 4) is 0 Å². The largest absolute Gasteiger partial charge is 0.356 e. The summed E-state index contributed by atoms with van der Waals surface area (Å²) in [6.45, 7) is 7.94. The molecule has 1 atom stereocenters. The number of aliphatic imine (C=N–C) groups is 1. The van der Waals surface area contributed by atoms with E-state index in [1.165, 1.54) is 4.88 Å². The minimum absolute atomic E-state index is 0. The Hall–Kier alpha value is -1.16. The Morgan fingerprint density at radius 1 is 1.32 bits per heavy atom. The molecule has 0 radical (unpaired) electrons. The zero-order valence-electron chi connectivity index (χ0n) is 15.3. The molecule has 2 N–H and O–H groups in total. The van der Waals surface area contributed by atoms with E-state index in [0.29, 0.717) is 24.8 Å². The average Bonchev–Trinajstić information content (AvgIpc) is 3.22. The number of guanidine groups is 1. The van der Waals surface area contributed by atoms with Crippen molar-refractivity contribution in [2.75, 3.05) is 20.1 Å². The molecular formula is C17H28IN5OS. The van der Waals surface area contributed by atoms with Gasteiger partial charge < -0.3 is 15.2 Å². The number of hydrogen-bond acceptors (Lipinski definition) is 5. The fourth-order valence-corrected chi connectivity index (χ4v) is 3.10. The van der Waals surface area contributed by atoms with Crippen LogP contribution in [0.1, 0.15) is 43.3 Å². The molecule has 0 aliphatic heterocycles. The first-order chi connectivity index (χ1) is 11.6. The topological polar surface area (TPSA) is 75.3 Å². The van der Waals surface area contributed by atoms with Crippen LogP contribution in [-0.2, 0) is 12.8 Å². The van der Waals surface area contributed by atoms with E-state index >= 15 is 0 Å². The van der Waals surface area contributed by atoms with Crippen LogP contribution in [0.5, 0.6) is 0 Å². The van der Waals surface area contributed by atoms with Crippen LogP contribution in [0.15, 0.2) is 27.0 Å². The highest BCUT2D eigenvalue weighted by atomic mass is 127. The van der Waals surface area contributed by atoms with Crippen LogP contribution in [0.4, 0.5) is 0 Å². The Bertz CT molecular complexity index is 627. The molecule has 6 nitrogen and oxygen atoms in total. The molecule has 0 aliphatic carbocycles. The predicted octanol–water partition coefficient (Wildman–Crippen LogP) is 3.46. The molecule has 2 aromatic rings. The molecule has 25 heavy (non-hydrogen) atoms. The van der Waals surface area contributed by atoms with Crippen molar-refractivity contribution in [1.82, 2.24) is 20.8 Å². The lowest BCUT2D eigenvalue weighted by molar-refractivity contribution is 0.371. The van der Waals surface area contributed by atoms with E-state index in [2.05, 4.69) is 64.1 Å². The van der Waals surface area contributed by atoms with Crippen LogP contribution in [0, 0.1) is 5.92 Å². The highest BCUT2D eigenvalue weighted by molar-refractivity contribution is 14.0. The van der Waals surface area contributed by atoms with Crippen molar-refractivity contribution in [3.05, 3.63) is 34.1 Å². The highest BCUT2D eigenvalue weighted by Crippen LogP contribution is 2.13. The van der Waals surface area contributed by atoms with Gasteiger partial charge in [-0.15, -0.1) is 35.3 Å². The Labute approximate surface area is 170 Å². The number of nitrogens with one attached hydrogen (secondary N) is 2. The molecule has 0 aliphatic rings. The predicted molar refractivity (Wildman–Crippen MR) is 114 cm³/mol. The van der Waals surface area contributed by atoms with Crippen LogP contribution in [0.3, 0.4) is 0 Å². The van der Waals surface area contributed by atoms with Gasteiger partial charge in [-0.2, -0.15) is 4.98 Å². The number of aromatic nitrogens is 2. The van der Waals surface area contributed by atoms with E-state index in [0.717, 1.165) is 24.7 Å². The summed E-state index contributed by atoms with van der Waals surface area (Å²) in [5.74, 6) is 3.06. The average molecular weight is 477 g/mol. The SMILES string of the molecule is CN=C(NCCc1nc(C(C)C)no1)NCC(C)Cc1cccs1.I. The summed E-state index contributed by atoms with van der Waals surface area (Å²) in [5.41, 5.74) is 0.